The van der Waals surface area contributed by atoms with E-state index in [0.29, 0.717) is 5.92 Å². The fourth-order valence-electron chi connectivity index (χ4n) is 2.97. The van der Waals surface area contributed by atoms with Gasteiger partial charge in [0.2, 0.25) is 0 Å². The fourth-order valence-corrected chi connectivity index (χ4v) is 3.70. The van der Waals surface area contributed by atoms with Crippen molar-refractivity contribution in [3.8, 4) is 0 Å². The molecule has 0 radical (unpaired) electrons. The first-order valence-corrected chi connectivity index (χ1v) is 8.97. The minimum absolute atomic E-state index is 0.0710. The van der Waals surface area contributed by atoms with Gasteiger partial charge >= 0.3 is 5.97 Å². The third-order valence-electron chi connectivity index (χ3n) is 4.56. The predicted molar refractivity (Wildman–Crippen MR) is 94.0 cm³/mol. The first-order chi connectivity index (χ1) is 11.5. The molecular weight excluding hydrogens is 322 g/mol. The number of carbonyl (C=O) groups is 2. The van der Waals surface area contributed by atoms with Crippen molar-refractivity contribution in [2.75, 3.05) is 7.11 Å². The SMILES string of the molecule is COC(=O)CC(=O)CC(N)(c1ccc(C2CC2)cc1)c1ccsc1. The minimum Gasteiger partial charge on any atom is -0.469 e. The van der Waals surface area contributed by atoms with Crippen LogP contribution in [0.4, 0.5) is 0 Å². The summed E-state index contributed by atoms with van der Waals surface area (Å²) in [7, 11) is 1.28. The molecule has 0 bridgehead atoms. The minimum atomic E-state index is -0.923. The van der Waals surface area contributed by atoms with E-state index in [-0.39, 0.29) is 18.6 Å². The van der Waals surface area contributed by atoms with E-state index in [9.17, 15) is 9.59 Å². The van der Waals surface area contributed by atoms with Crippen LogP contribution >= 0.6 is 11.3 Å². The molecule has 1 saturated carbocycles. The molecule has 1 aliphatic rings. The van der Waals surface area contributed by atoms with Crippen molar-refractivity contribution in [2.24, 2.45) is 5.73 Å². The summed E-state index contributed by atoms with van der Waals surface area (Å²) in [6.45, 7) is 0. The Morgan fingerprint density at radius 3 is 2.46 bits per heavy atom. The first-order valence-electron chi connectivity index (χ1n) is 8.03. The average molecular weight is 343 g/mol. The van der Waals surface area contributed by atoms with E-state index < -0.39 is 11.5 Å². The largest absolute Gasteiger partial charge is 0.469 e. The number of Topliss-reactive ketones (excluding diaryl/α,β-unsaturated/α-hetero) is 1. The van der Waals surface area contributed by atoms with Crippen LogP contribution in [0.2, 0.25) is 0 Å². The van der Waals surface area contributed by atoms with Crippen LogP contribution in [0.25, 0.3) is 0 Å². The molecule has 2 aromatic rings. The van der Waals surface area contributed by atoms with Gasteiger partial charge in [-0.05, 0) is 52.3 Å². The third kappa shape index (κ3) is 3.57. The summed E-state index contributed by atoms with van der Waals surface area (Å²) in [5.74, 6) is -0.0769. The molecule has 1 atom stereocenters. The van der Waals surface area contributed by atoms with Gasteiger partial charge in [0.05, 0.1) is 12.6 Å². The number of thiophene rings is 1. The Morgan fingerprint density at radius 2 is 1.92 bits per heavy atom. The fraction of sp³-hybridized carbons (Fsp3) is 0.368. The van der Waals surface area contributed by atoms with Gasteiger partial charge in [-0.1, -0.05) is 24.3 Å². The van der Waals surface area contributed by atoms with Crippen molar-refractivity contribution in [1.82, 2.24) is 0 Å². The molecule has 1 fully saturated rings. The number of carbonyl (C=O) groups excluding carboxylic acids is 2. The number of methoxy groups -OCH3 is 1. The van der Waals surface area contributed by atoms with E-state index in [2.05, 4.69) is 16.9 Å². The second kappa shape index (κ2) is 6.87. The topological polar surface area (TPSA) is 69.4 Å². The van der Waals surface area contributed by atoms with E-state index >= 15 is 0 Å². The highest BCUT2D eigenvalue weighted by Gasteiger charge is 2.34. The van der Waals surface area contributed by atoms with Crippen LogP contribution in [-0.2, 0) is 19.9 Å². The molecule has 0 saturated heterocycles. The summed E-state index contributed by atoms with van der Waals surface area (Å²) in [6, 6.07) is 10.2. The van der Waals surface area contributed by atoms with Gasteiger partial charge in [-0.3, -0.25) is 9.59 Å². The van der Waals surface area contributed by atoms with Crippen LogP contribution in [0.5, 0.6) is 0 Å². The van der Waals surface area contributed by atoms with Crippen molar-refractivity contribution in [2.45, 2.75) is 37.1 Å². The number of hydrogen-bond acceptors (Lipinski definition) is 5. The highest BCUT2D eigenvalue weighted by Crippen LogP contribution is 2.41. The molecule has 3 rings (SSSR count). The van der Waals surface area contributed by atoms with E-state index in [1.54, 1.807) is 11.3 Å². The van der Waals surface area contributed by atoms with Gasteiger partial charge in [0.25, 0.3) is 0 Å². The summed E-state index contributed by atoms with van der Waals surface area (Å²) < 4.78 is 4.58. The lowest BCUT2D eigenvalue weighted by atomic mass is 9.80. The van der Waals surface area contributed by atoms with Crippen LogP contribution in [-0.4, -0.2) is 18.9 Å². The highest BCUT2D eigenvalue weighted by atomic mass is 32.1. The monoisotopic (exact) mass is 343 g/mol. The molecule has 24 heavy (non-hydrogen) atoms. The highest BCUT2D eigenvalue weighted by molar-refractivity contribution is 7.08. The smallest absolute Gasteiger partial charge is 0.313 e. The number of esters is 1. The molecule has 126 valence electrons. The quantitative estimate of drug-likeness (QED) is 0.618. The maximum absolute atomic E-state index is 12.3. The molecule has 4 nitrogen and oxygen atoms in total. The molecule has 2 N–H and O–H groups in total. The molecule has 1 aromatic carbocycles. The Labute approximate surface area is 145 Å². The standard InChI is InChI=1S/C19H21NO3S/c1-23-18(22)10-17(21)11-19(20,16-8-9-24-12-16)15-6-4-14(5-7-15)13-2-3-13/h4-9,12-13H,2-3,10-11,20H2,1H3. The van der Waals surface area contributed by atoms with E-state index in [1.807, 2.05) is 29.0 Å². The third-order valence-corrected chi connectivity index (χ3v) is 5.24. The number of benzene rings is 1. The van der Waals surface area contributed by atoms with Crippen molar-refractivity contribution in [3.05, 3.63) is 57.8 Å². The molecule has 1 aliphatic carbocycles. The maximum atomic E-state index is 12.3. The van der Waals surface area contributed by atoms with Gasteiger partial charge in [0.1, 0.15) is 12.2 Å². The summed E-state index contributed by atoms with van der Waals surface area (Å²) in [5.41, 5.74) is 8.87. The molecule has 5 heteroatoms. The predicted octanol–water partition coefficient (Wildman–Crippen LogP) is 3.35. The van der Waals surface area contributed by atoms with Crippen molar-refractivity contribution < 1.29 is 14.3 Å². The number of ketones is 1. The average Bonchev–Trinajstić information content (AvgIpc) is 3.28. The molecule has 0 spiro atoms. The lowest BCUT2D eigenvalue weighted by Gasteiger charge is -2.29. The van der Waals surface area contributed by atoms with E-state index in [1.165, 1.54) is 25.5 Å². The Morgan fingerprint density at radius 1 is 1.21 bits per heavy atom. The number of rotatable bonds is 7. The van der Waals surface area contributed by atoms with Gasteiger partial charge in [-0.2, -0.15) is 11.3 Å². The van der Waals surface area contributed by atoms with Gasteiger partial charge in [0.15, 0.2) is 0 Å². The van der Waals surface area contributed by atoms with Crippen LogP contribution in [0, 0.1) is 0 Å². The van der Waals surface area contributed by atoms with Crippen LogP contribution < -0.4 is 5.73 Å². The normalized spacial score (nSPS) is 16.4. The zero-order chi connectivity index (χ0) is 17.2. The van der Waals surface area contributed by atoms with Crippen molar-refractivity contribution in [3.63, 3.8) is 0 Å². The number of ether oxygens (including phenoxy) is 1. The Balaban J connectivity index is 1.87. The summed E-state index contributed by atoms with van der Waals surface area (Å²) in [6.07, 6.45) is 2.31. The van der Waals surface area contributed by atoms with E-state index in [0.717, 1.165) is 11.1 Å². The Bertz CT molecular complexity index is 720. The van der Waals surface area contributed by atoms with Crippen molar-refractivity contribution >= 4 is 23.1 Å². The lowest BCUT2D eigenvalue weighted by Crippen LogP contribution is -2.40. The van der Waals surface area contributed by atoms with Crippen molar-refractivity contribution in [1.29, 1.82) is 0 Å². The molecular formula is C19H21NO3S. The van der Waals surface area contributed by atoms with E-state index in [4.69, 9.17) is 5.73 Å². The van der Waals surface area contributed by atoms with Gasteiger partial charge in [0, 0.05) is 6.42 Å². The first kappa shape index (κ1) is 16.9. The zero-order valence-corrected chi connectivity index (χ0v) is 14.5. The van der Waals surface area contributed by atoms with Crippen LogP contribution in [0.3, 0.4) is 0 Å². The Hall–Kier alpha value is -1.98. The molecule has 0 amide bonds. The van der Waals surface area contributed by atoms with Crippen LogP contribution in [0.15, 0.2) is 41.1 Å². The zero-order valence-electron chi connectivity index (χ0n) is 13.7. The second-order valence-corrected chi connectivity index (χ2v) is 7.13. The Kier molecular flexibility index (Phi) is 4.83. The summed E-state index contributed by atoms with van der Waals surface area (Å²) >= 11 is 1.54. The van der Waals surface area contributed by atoms with Crippen LogP contribution in [0.1, 0.15) is 48.3 Å². The summed E-state index contributed by atoms with van der Waals surface area (Å²) in [5, 5.41) is 3.90. The number of hydrogen-bond donors (Lipinski definition) is 1. The summed E-state index contributed by atoms with van der Waals surface area (Å²) in [4.78, 5) is 23.7. The van der Waals surface area contributed by atoms with Gasteiger partial charge in [-0.25, -0.2) is 0 Å². The lowest BCUT2D eigenvalue weighted by molar-refractivity contribution is -0.143. The second-order valence-electron chi connectivity index (χ2n) is 6.35. The maximum Gasteiger partial charge on any atom is 0.313 e. The molecule has 0 aliphatic heterocycles. The number of nitrogens with two attached hydrogens (primary N) is 1. The molecule has 1 heterocycles. The van der Waals surface area contributed by atoms with Gasteiger partial charge in [-0.15, -0.1) is 0 Å². The molecule has 1 aromatic heterocycles. The van der Waals surface area contributed by atoms with Gasteiger partial charge < -0.3 is 10.5 Å². The molecule has 1 unspecified atom stereocenters.